The molecule has 0 amide bonds. The molecule has 0 atom stereocenters. The molecule has 0 saturated carbocycles. The number of carbonyl (C=O) groups excluding carboxylic acids is 1. The van der Waals surface area contributed by atoms with E-state index in [0.29, 0.717) is 31.3 Å². The third-order valence-electron chi connectivity index (χ3n) is 4.07. The molecule has 0 N–H and O–H groups in total. The van der Waals surface area contributed by atoms with Crippen molar-refractivity contribution in [2.45, 2.75) is 27.2 Å². The molecule has 0 aromatic carbocycles. The fourth-order valence-corrected chi connectivity index (χ4v) is 2.24. The van der Waals surface area contributed by atoms with Gasteiger partial charge in [-0.25, -0.2) is 14.8 Å². The number of aromatic nitrogens is 3. The van der Waals surface area contributed by atoms with Crippen LogP contribution < -0.4 is 21.9 Å². The molecule has 0 spiro atoms. The Labute approximate surface area is 149 Å². The summed E-state index contributed by atoms with van der Waals surface area (Å²) in [5.74, 6) is 1.08. The SMILES string of the molecule is CC[N+](CC)(CC)CC(=O)OCCc1ncnc(N(C)C)n1.[Br-]. The molecule has 0 fully saturated rings. The summed E-state index contributed by atoms with van der Waals surface area (Å²) in [6.45, 7) is 9.83. The van der Waals surface area contributed by atoms with Gasteiger partial charge in [-0.3, -0.25) is 0 Å². The van der Waals surface area contributed by atoms with E-state index in [2.05, 4.69) is 35.7 Å². The van der Waals surface area contributed by atoms with Crippen molar-refractivity contribution < 1.29 is 31.0 Å². The van der Waals surface area contributed by atoms with Crippen molar-refractivity contribution in [3.8, 4) is 0 Å². The Morgan fingerprint density at radius 3 is 2.30 bits per heavy atom. The second-order valence-corrected chi connectivity index (χ2v) is 5.52. The monoisotopic (exact) mass is 389 g/mol. The number of rotatable bonds is 9. The van der Waals surface area contributed by atoms with Crippen molar-refractivity contribution in [2.75, 3.05) is 51.8 Å². The maximum atomic E-state index is 12.0. The lowest BCUT2D eigenvalue weighted by Crippen LogP contribution is -3.00. The first-order valence-electron chi connectivity index (χ1n) is 7.82. The predicted octanol–water partition coefficient (Wildman–Crippen LogP) is -2.10. The van der Waals surface area contributed by atoms with Gasteiger partial charge in [-0.05, 0) is 20.8 Å². The smallest absolute Gasteiger partial charge is 0.361 e. The normalized spacial score (nSPS) is 10.8. The zero-order valence-electron chi connectivity index (χ0n) is 14.8. The third-order valence-corrected chi connectivity index (χ3v) is 4.07. The Morgan fingerprint density at radius 2 is 1.78 bits per heavy atom. The van der Waals surface area contributed by atoms with Gasteiger partial charge in [0.1, 0.15) is 12.2 Å². The van der Waals surface area contributed by atoms with Gasteiger partial charge in [0.2, 0.25) is 5.95 Å². The number of carbonyl (C=O) groups is 1. The summed E-state index contributed by atoms with van der Waals surface area (Å²) in [6, 6.07) is 0. The predicted molar refractivity (Wildman–Crippen MR) is 85.6 cm³/mol. The van der Waals surface area contributed by atoms with Crippen LogP contribution in [-0.4, -0.2) is 72.3 Å². The molecular formula is C15H28BrN5O2. The number of quaternary nitrogens is 1. The molecular weight excluding hydrogens is 362 g/mol. The van der Waals surface area contributed by atoms with Crippen LogP contribution in [0.15, 0.2) is 6.33 Å². The van der Waals surface area contributed by atoms with E-state index in [9.17, 15) is 4.79 Å². The maximum absolute atomic E-state index is 12.0. The van der Waals surface area contributed by atoms with Gasteiger partial charge >= 0.3 is 5.97 Å². The number of ether oxygens (including phenoxy) is 1. The number of esters is 1. The lowest BCUT2D eigenvalue weighted by Gasteiger charge is -2.34. The van der Waals surface area contributed by atoms with E-state index in [1.807, 2.05) is 19.0 Å². The topological polar surface area (TPSA) is 68.2 Å². The summed E-state index contributed by atoms with van der Waals surface area (Å²) in [5.41, 5.74) is 0. The fourth-order valence-electron chi connectivity index (χ4n) is 2.24. The van der Waals surface area contributed by atoms with Crippen LogP contribution in [0.5, 0.6) is 0 Å². The first kappa shape index (κ1) is 21.7. The van der Waals surface area contributed by atoms with E-state index < -0.39 is 0 Å². The Balaban J connectivity index is 0.00000484. The first-order chi connectivity index (χ1) is 10.5. The number of hydrogen-bond acceptors (Lipinski definition) is 6. The average Bonchev–Trinajstić information content (AvgIpc) is 2.53. The quantitative estimate of drug-likeness (QED) is 0.356. The highest BCUT2D eigenvalue weighted by Gasteiger charge is 2.25. The summed E-state index contributed by atoms with van der Waals surface area (Å²) in [4.78, 5) is 26.3. The Kier molecular flexibility index (Phi) is 9.90. The molecule has 1 aromatic rings. The molecule has 0 unspecified atom stereocenters. The molecule has 132 valence electrons. The van der Waals surface area contributed by atoms with Gasteiger partial charge in [0, 0.05) is 20.5 Å². The second-order valence-electron chi connectivity index (χ2n) is 5.52. The molecule has 23 heavy (non-hydrogen) atoms. The Bertz CT molecular complexity index is 472. The molecule has 0 saturated heterocycles. The summed E-state index contributed by atoms with van der Waals surface area (Å²) < 4.78 is 6.10. The van der Waals surface area contributed by atoms with E-state index in [-0.39, 0.29) is 23.0 Å². The number of likely N-dealkylation sites (N-methyl/N-ethyl adjacent to an activating group) is 1. The van der Waals surface area contributed by atoms with E-state index in [4.69, 9.17) is 4.74 Å². The second kappa shape index (κ2) is 10.5. The number of hydrogen-bond donors (Lipinski definition) is 0. The number of anilines is 1. The minimum atomic E-state index is -0.160. The van der Waals surface area contributed by atoms with Crippen LogP contribution >= 0.6 is 0 Å². The molecule has 1 rings (SSSR count). The summed E-state index contributed by atoms with van der Waals surface area (Å²) in [6.07, 6.45) is 1.98. The molecule has 1 aromatic heterocycles. The van der Waals surface area contributed by atoms with Crippen molar-refractivity contribution in [1.82, 2.24) is 15.0 Å². The summed E-state index contributed by atoms with van der Waals surface area (Å²) in [5, 5.41) is 0. The Morgan fingerprint density at radius 1 is 1.17 bits per heavy atom. The van der Waals surface area contributed by atoms with Crippen molar-refractivity contribution in [3.63, 3.8) is 0 Å². The Hall–Kier alpha value is -1.28. The van der Waals surface area contributed by atoms with Crippen molar-refractivity contribution in [1.29, 1.82) is 0 Å². The average molecular weight is 390 g/mol. The van der Waals surface area contributed by atoms with E-state index in [1.54, 1.807) is 0 Å². The van der Waals surface area contributed by atoms with Gasteiger partial charge in [0.15, 0.2) is 6.54 Å². The minimum absolute atomic E-state index is 0. The lowest BCUT2D eigenvalue weighted by atomic mass is 10.3. The molecule has 0 aliphatic carbocycles. The van der Waals surface area contributed by atoms with E-state index >= 15 is 0 Å². The highest BCUT2D eigenvalue weighted by atomic mass is 79.9. The van der Waals surface area contributed by atoms with Gasteiger partial charge in [-0.2, -0.15) is 4.98 Å². The third kappa shape index (κ3) is 6.78. The van der Waals surface area contributed by atoms with Gasteiger partial charge in [0.05, 0.1) is 26.2 Å². The highest BCUT2D eigenvalue weighted by molar-refractivity contribution is 5.70. The lowest BCUT2D eigenvalue weighted by molar-refractivity contribution is -0.916. The van der Waals surface area contributed by atoms with Crippen LogP contribution in [0.1, 0.15) is 26.6 Å². The van der Waals surface area contributed by atoms with Crippen LogP contribution in [0.2, 0.25) is 0 Å². The molecule has 8 heteroatoms. The van der Waals surface area contributed by atoms with Crippen LogP contribution in [0.3, 0.4) is 0 Å². The van der Waals surface area contributed by atoms with Crippen LogP contribution in [0, 0.1) is 0 Å². The number of halogens is 1. The van der Waals surface area contributed by atoms with Crippen molar-refractivity contribution in [2.24, 2.45) is 0 Å². The zero-order chi connectivity index (χ0) is 16.6. The maximum Gasteiger partial charge on any atom is 0.361 e. The van der Waals surface area contributed by atoms with Gasteiger partial charge < -0.3 is 31.1 Å². The zero-order valence-corrected chi connectivity index (χ0v) is 16.3. The fraction of sp³-hybridized carbons (Fsp3) is 0.733. The van der Waals surface area contributed by atoms with E-state index in [0.717, 1.165) is 24.1 Å². The molecule has 0 aliphatic rings. The van der Waals surface area contributed by atoms with Gasteiger partial charge in [-0.15, -0.1) is 0 Å². The molecule has 0 bridgehead atoms. The van der Waals surface area contributed by atoms with Crippen LogP contribution in [-0.2, 0) is 16.0 Å². The molecule has 0 radical (unpaired) electrons. The highest BCUT2D eigenvalue weighted by Crippen LogP contribution is 2.06. The van der Waals surface area contributed by atoms with Crippen LogP contribution in [0.4, 0.5) is 5.95 Å². The molecule has 0 aliphatic heterocycles. The summed E-state index contributed by atoms with van der Waals surface area (Å²) >= 11 is 0. The largest absolute Gasteiger partial charge is 1.00 e. The van der Waals surface area contributed by atoms with Crippen molar-refractivity contribution >= 4 is 11.9 Å². The minimum Gasteiger partial charge on any atom is -1.00 e. The van der Waals surface area contributed by atoms with Gasteiger partial charge in [0.25, 0.3) is 0 Å². The molecule has 1 heterocycles. The van der Waals surface area contributed by atoms with Crippen molar-refractivity contribution in [3.05, 3.63) is 12.2 Å². The summed E-state index contributed by atoms with van der Waals surface area (Å²) in [7, 11) is 3.74. The standard InChI is InChI=1S/C15H28N5O2.BrH/c1-6-20(7-2,8-3)11-14(21)22-10-9-13-16-12-17-15(18-13)19(4)5;/h12H,6-11H2,1-5H3;1H/q+1;/p-1. The first-order valence-corrected chi connectivity index (χ1v) is 7.82. The van der Waals surface area contributed by atoms with Crippen LogP contribution in [0.25, 0.3) is 0 Å². The van der Waals surface area contributed by atoms with Gasteiger partial charge in [-0.1, -0.05) is 0 Å². The number of nitrogens with zero attached hydrogens (tertiary/aromatic N) is 5. The molecule has 7 nitrogen and oxygen atoms in total. The van der Waals surface area contributed by atoms with E-state index in [1.165, 1.54) is 6.33 Å².